The van der Waals surface area contributed by atoms with Crippen LogP contribution in [0.4, 0.5) is 0 Å². The first kappa shape index (κ1) is 18.6. The van der Waals surface area contributed by atoms with E-state index in [4.69, 9.17) is 26.8 Å². The van der Waals surface area contributed by atoms with E-state index in [1.54, 1.807) is 0 Å². The summed E-state index contributed by atoms with van der Waals surface area (Å²) in [6.45, 7) is 5.94. The van der Waals surface area contributed by atoms with Gasteiger partial charge in [-0.3, -0.25) is 0 Å². The minimum atomic E-state index is 0.208. The minimum absolute atomic E-state index is 0.208. The van der Waals surface area contributed by atoms with Crippen LogP contribution in [-0.2, 0) is 6.42 Å². The van der Waals surface area contributed by atoms with E-state index in [2.05, 4.69) is 19.1 Å². The van der Waals surface area contributed by atoms with Crippen LogP contribution in [0.3, 0.4) is 0 Å². The Morgan fingerprint density at radius 1 is 1.08 bits per heavy atom. The van der Waals surface area contributed by atoms with E-state index in [-0.39, 0.29) is 5.92 Å². The highest BCUT2D eigenvalue weighted by Gasteiger charge is 2.13. The number of hydrogen-bond donors (Lipinski definition) is 1. The highest BCUT2D eigenvalue weighted by Crippen LogP contribution is 2.30. The van der Waals surface area contributed by atoms with Crippen LogP contribution in [0.1, 0.15) is 37.3 Å². The Bertz CT molecular complexity index is 645. The lowest BCUT2D eigenvalue weighted by Gasteiger charge is -2.17. The largest absolute Gasteiger partial charge is 0.494 e. The van der Waals surface area contributed by atoms with Crippen molar-refractivity contribution in [3.8, 4) is 11.5 Å². The molecule has 0 heterocycles. The molecule has 0 bridgehead atoms. The first-order valence-electron chi connectivity index (χ1n) is 8.52. The second-order valence-electron chi connectivity index (χ2n) is 5.76. The number of ether oxygens (including phenoxy) is 2. The van der Waals surface area contributed by atoms with E-state index >= 15 is 0 Å². The second-order valence-corrected chi connectivity index (χ2v) is 6.16. The summed E-state index contributed by atoms with van der Waals surface area (Å²) < 4.78 is 11.2. The van der Waals surface area contributed by atoms with Gasteiger partial charge in [0, 0.05) is 5.92 Å². The molecule has 0 fully saturated rings. The zero-order valence-electron chi connectivity index (χ0n) is 14.4. The van der Waals surface area contributed by atoms with E-state index in [0.29, 0.717) is 23.9 Å². The van der Waals surface area contributed by atoms with Crippen LogP contribution in [0.5, 0.6) is 11.5 Å². The molecule has 0 saturated carbocycles. The van der Waals surface area contributed by atoms with Crippen LogP contribution < -0.4 is 15.2 Å². The molecule has 1 unspecified atom stereocenters. The fourth-order valence-electron chi connectivity index (χ4n) is 2.65. The average Bonchev–Trinajstić information content (AvgIpc) is 2.60. The van der Waals surface area contributed by atoms with Crippen LogP contribution in [0.2, 0.25) is 5.02 Å². The minimum Gasteiger partial charge on any atom is -0.494 e. The average molecular weight is 348 g/mol. The number of hydrogen-bond acceptors (Lipinski definition) is 3. The standard InChI is InChI=1S/C20H26ClNO2/c1-3-10-24-18-7-5-6-15(12-18)11-17(14-22)16-8-9-20(23-4-2)19(21)13-16/h5-9,12-13,17H,3-4,10-11,14,22H2,1-2H3. The molecule has 0 aromatic heterocycles. The molecule has 1 atom stereocenters. The summed E-state index contributed by atoms with van der Waals surface area (Å²) >= 11 is 6.31. The fourth-order valence-corrected chi connectivity index (χ4v) is 2.89. The zero-order valence-corrected chi connectivity index (χ0v) is 15.2. The third kappa shape index (κ3) is 5.15. The Morgan fingerprint density at radius 3 is 2.58 bits per heavy atom. The van der Waals surface area contributed by atoms with Crippen molar-refractivity contribution in [1.82, 2.24) is 0 Å². The molecule has 0 spiro atoms. The van der Waals surface area contributed by atoms with Crippen molar-refractivity contribution in [3.63, 3.8) is 0 Å². The molecule has 0 aliphatic heterocycles. The number of benzene rings is 2. The molecular formula is C20H26ClNO2. The lowest BCUT2D eigenvalue weighted by atomic mass is 9.92. The van der Waals surface area contributed by atoms with Crippen LogP contribution in [0.25, 0.3) is 0 Å². The Hall–Kier alpha value is -1.71. The zero-order chi connectivity index (χ0) is 17.4. The third-order valence-corrected chi connectivity index (χ3v) is 4.16. The van der Waals surface area contributed by atoms with E-state index in [1.807, 2.05) is 37.3 Å². The predicted octanol–water partition coefficient (Wildman–Crippen LogP) is 4.81. The first-order chi connectivity index (χ1) is 11.7. The van der Waals surface area contributed by atoms with Crippen molar-refractivity contribution < 1.29 is 9.47 Å². The predicted molar refractivity (Wildman–Crippen MR) is 100 cm³/mol. The van der Waals surface area contributed by atoms with Gasteiger partial charge in [-0.25, -0.2) is 0 Å². The normalized spacial score (nSPS) is 12.0. The Morgan fingerprint density at radius 2 is 1.92 bits per heavy atom. The van der Waals surface area contributed by atoms with Gasteiger partial charge in [-0.05, 0) is 61.7 Å². The van der Waals surface area contributed by atoms with Gasteiger partial charge in [-0.2, -0.15) is 0 Å². The van der Waals surface area contributed by atoms with Gasteiger partial charge < -0.3 is 15.2 Å². The Balaban J connectivity index is 2.13. The van der Waals surface area contributed by atoms with Crippen molar-refractivity contribution in [2.45, 2.75) is 32.6 Å². The summed E-state index contributed by atoms with van der Waals surface area (Å²) in [5, 5.41) is 0.632. The lowest BCUT2D eigenvalue weighted by Crippen LogP contribution is -2.15. The highest BCUT2D eigenvalue weighted by molar-refractivity contribution is 6.32. The smallest absolute Gasteiger partial charge is 0.137 e. The maximum absolute atomic E-state index is 6.31. The molecule has 2 rings (SSSR count). The highest BCUT2D eigenvalue weighted by atomic mass is 35.5. The van der Waals surface area contributed by atoms with Gasteiger partial charge in [0.05, 0.1) is 18.2 Å². The molecule has 0 saturated heterocycles. The molecule has 24 heavy (non-hydrogen) atoms. The van der Waals surface area contributed by atoms with Gasteiger partial charge in [0.15, 0.2) is 0 Å². The molecule has 130 valence electrons. The van der Waals surface area contributed by atoms with Crippen LogP contribution in [0.15, 0.2) is 42.5 Å². The Labute approximate surface area is 149 Å². The van der Waals surface area contributed by atoms with Crippen molar-refractivity contribution in [3.05, 3.63) is 58.6 Å². The molecular weight excluding hydrogens is 322 g/mol. The molecule has 3 nitrogen and oxygen atoms in total. The van der Waals surface area contributed by atoms with Crippen molar-refractivity contribution in [1.29, 1.82) is 0 Å². The summed E-state index contributed by atoms with van der Waals surface area (Å²) in [6.07, 6.45) is 1.85. The van der Waals surface area contributed by atoms with Gasteiger partial charge >= 0.3 is 0 Å². The topological polar surface area (TPSA) is 44.5 Å². The maximum Gasteiger partial charge on any atom is 0.137 e. The van der Waals surface area contributed by atoms with Crippen LogP contribution in [-0.4, -0.2) is 19.8 Å². The maximum atomic E-state index is 6.31. The summed E-state index contributed by atoms with van der Waals surface area (Å²) in [5.41, 5.74) is 8.35. The molecule has 2 aromatic rings. The van der Waals surface area contributed by atoms with Crippen molar-refractivity contribution in [2.75, 3.05) is 19.8 Å². The molecule has 0 aliphatic carbocycles. The monoisotopic (exact) mass is 347 g/mol. The molecule has 2 aromatic carbocycles. The summed E-state index contributed by atoms with van der Waals surface area (Å²) in [4.78, 5) is 0. The molecule has 4 heteroatoms. The fraction of sp³-hybridized carbons (Fsp3) is 0.400. The van der Waals surface area contributed by atoms with Crippen LogP contribution in [0, 0.1) is 0 Å². The quantitative estimate of drug-likeness (QED) is 0.707. The summed E-state index contributed by atoms with van der Waals surface area (Å²) in [7, 11) is 0. The summed E-state index contributed by atoms with van der Waals surface area (Å²) in [5.74, 6) is 1.84. The second kappa shape index (κ2) is 9.55. The third-order valence-electron chi connectivity index (χ3n) is 3.87. The van der Waals surface area contributed by atoms with E-state index in [1.165, 1.54) is 5.56 Å². The number of nitrogens with two attached hydrogens (primary N) is 1. The molecule has 0 amide bonds. The Kier molecular flexibility index (Phi) is 7.41. The van der Waals surface area contributed by atoms with E-state index < -0.39 is 0 Å². The van der Waals surface area contributed by atoms with Gasteiger partial charge in [0.25, 0.3) is 0 Å². The van der Waals surface area contributed by atoms with E-state index in [0.717, 1.165) is 30.8 Å². The van der Waals surface area contributed by atoms with Gasteiger partial charge in [0.1, 0.15) is 11.5 Å². The van der Waals surface area contributed by atoms with Crippen LogP contribution >= 0.6 is 11.6 Å². The van der Waals surface area contributed by atoms with E-state index in [9.17, 15) is 0 Å². The van der Waals surface area contributed by atoms with Gasteiger partial charge in [-0.15, -0.1) is 0 Å². The SMILES string of the molecule is CCCOc1cccc(CC(CN)c2ccc(OCC)c(Cl)c2)c1. The number of rotatable bonds is 9. The first-order valence-corrected chi connectivity index (χ1v) is 8.89. The summed E-state index contributed by atoms with van der Waals surface area (Å²) in [6, 6.07) is 14.1. The number of halogens is 1. The molecule has 0 radical (unpaired) electrons. The van der Waals surface area contributed by atoms with Crippen molar-refractivity contribution >= 4 is 11.6 Å². The molecule has 0 aliphatic rings. The van der Waals surface area contributed by atoms with Crippen molar-refractivity contribution in [2.24, 2.45) is 5.73 Å². The molecule has 2 N–H and O–H groups in total. The lowest BCUT2D eigenvalue weighted by molar-refractivity contribution is 0.317. The van der Waals surface area contributed by atoms with Gasteiger partial charge in [-0.1, -0.05) is 36.7 Å². The van der Waals surface area contributed by atoms with Gasteiger partial charge in [0.2, 0.25) is 0 Å².